The van der Waals surface area contributed by atoms with Gasteiger partial charge in [0.1, 0.15) is 17.3 Å². The molecule has 7 heteroatoms. The summed E-state index contributed by atoms with van der Waals surface area (Å²) in [6.07, 6.45) is 0. The maximum atomic E-state index is 14.6. The van der Waals surface area contributed by atoms with Crippen LogP contribution in [0, 0.1) is 5.82 Å². The van der Waals surface area contributed by atoms with Crippen molar-refractivity contribution in [2.75, 3.05) is 14.2 Å². The molecule has 1 aliphatic heterocycles. The van der Waals surface area contributed by atoms with E-state index in [1.54, 1.807) is 31.4 Å². The Balaban J connectivity index is 2.19. The van der Waals surface area contributed by atoms with Crippen molar-refractivity contribution in [1.29, 1.82) is 0 Å². The molecule has 1 fully saturated rings. The molecule has 144 valence electrons. The average molecular weight is 393 g/mol. The molecule has 0 aliphatic carbocycles. The summed E-state index contributed by atoms with van der Waals surface area (Å²) in [6, 6.07) is 8.01. The van der Waals surface area contributed by atoms with Gasteiger partial charge in [-0.05, 0) is 45.9 Å². The summed E-state index contributed by atoms with van der Waals surface area (Å²) in [6.45, 7) is 7.88. The van der Waals surface area contributed by atoms with Gasteiger partial charge in [-0.3, -0.25) is 0 Å². The Bertz CT molecular complexity index is 833. The second-order valence-corrected chi connectivity index (χ2v) is 7.89. The van der Waals surface area contributed by atoms with Gasteiger partial charge in [-0.1, -0.05) is 17.7 Å². The van der Waals surface area contributed by atoms with Gasteiger partial charge < -0.3 is 18.8 Å². The monoisotopic (exact) mass is 392 g/mol. The van der Waals surface area contributed by atoms with E-state index in [9.17, 15) is 4.39 Å². The topological polar surface area (TPSA) is 36.9 Å². The van der Waals surface area contributed by atoms with Crippen molar-refractivity contribution in [3.63, 3.8) is 0 Å². The fourth-order valence-corrected chi connectivity index (χ4v) is 3.29. The van der Waals surface area contributed by atoms with Gasteiger partial charge >= 0.3 is 7.12 Å². The third kappa shape index (κ3) is 3.42. The Morgan fingerprint density at radius 3 is 2.07 bits per heavy atom. The number of ether oxygens (including phenoxy) is 2. The molecule has 0 aromatic heterocycles. The highest BCUT2D eigenvalue weighted by molar-refractivity contribution is 6.63. The number of hydrogen-bond donors (Lipinski definition) is 0. The van der Waals surface area contributed by atoms with Crippen LogP contribution in [-0.4, -0.2) is 32.5 Å². The third-order valence-electron chi connectivity index (χ3n) is 5.29. The van der Waals surface area contributed by atoms with E-state index >= 15 is 0 Å². The van der Waals surface area contributed by atoms with E-state index in [2.05, 4.69) is 0 Å². The standard InChI is InChI=1S/C20H23BClFO4/c1-19(2)20(3,4)27-21(26-19)13-10-12(16(24-5)11-17(13)25-6)18-14(22)8-7-9-15(18)23/h7-11H,1-6H3. The summed E-state index contributed by atoms with van der Waals surface area (Å²) in [5.74, 6) is 0.534. The SMILES string of the molecule is COc1cc(OC)c(-c2c(F)cccc2Cl)cc1B1OC(C)(C)C(C)(C)O1. The van der Waals surface area contributed by atoms with Gasteiger partial charge in [-0.15, -0.1) is 0 Å². The van der Waals surface area contributed by atoms with Gasteiger partial charge in [0, 0.05) is 22.7 Å². The number of halogens is 2. The molecule has 0 saturated carbocycles. The van der Waals surface area contributed by atoms with Crippen LogP contribution in [0.25, 0.3) is 11.1 Å². The first kappa shape index (κ1) is 20.0. The predicted octanol–water partition coefficient (Wildman–Crippen LogP) is 4.46. The van der Waals surface area contributed by atoms with Crippen LogP contribution < -0.4 is 14.9 Å². The van der Waals surface area contributed by atoms with Crippen LogP contribution in [0.3, 0.4) is 0 Å². The van der Waals surface area contributed by atoms with Gasteiger partial charge in [0.2, 0.25) is 0 Å². The molecule has 3 rings (SSSR count). The lowest BCUT2D eigenvalue weighted by atomic mass is 9.76. The fourth-order valence-electron chi connectivity index (χ4n) is 3.03. The molecule has 27 heavy (non-hydrogen) atoms. The predicted molar refractivity (Wildman–Crippen MR) is 106 cm³/mol. The summed E-state index contributed by atoms with van der Waals surface area (Å²) in [5, 5.41) is 0.290. The molecule has 2 aromatic carbocycles. The number of rotatable bonds is 4. The molecule has 0 amide bonds. The van der Waals surface area contributed by atoms with Gasteiger partial charge in [0.25, 0.3) is 0 Å². The van der Waals surface area contributed by atoms with E-state index in [4.69, 9.17) is 30.4 Å². The molecule has 1 heterocycles. The summed E-state index contributed by atoms with van der Waals surface area (Å²) in [7, 11) is 2.40. The molecule has 1 saturated heterocycles. The molecule has 0 spiro atoms. The van der Waals surface area contributed by atoms with Crippen LogP contribution in [0.1, 0.15) is 27.7 Å². The maximum absolute atomic E-state index is 14.6. The van der Waals surface area contributed by atoms with Crippen molar-refractivity contribution in [2.45, 2.75) is 38.9 Å². The molecular formula is C20H23BClFO4. The first-order valence-electron chi connectivity index (χ1n) is 8.67. The largest absolute Gasteiger partial charge is 0.498 e. The molecule has 1 aliphatic rings. The van der Waals surface area contributed by atoms with Crippen LogP contribution in [0.2, 0.25) is 5.02 Å². The highest BCUT2D eigenvalue weighted by Gasteiger charge is 2.52. The molecule has 0 radical (unpaired) electrons. The zero-order chi connectivity index (χ0) is 20.0. The van der Waals surface area contributed by atoms with Crippen molar-refractivity contribution in [1.82, 2.24) is 0 Å². The van der Waals surface area contributed by atoms with E-state index in [0.29, 0.717) is 27.5 Å². The van der Waals surface area contributed by atoms with E-state index in [-0.39, 0.29) is 5.56 Å². The van der Waals surface area contributed by atoms with Gasteiger partial charge in [0.05, 0.1) is 30.4 Å². The molecule has 0 N–H and O–H groups in total. The van der Waals surface area contributed by atoms with Gasteiger partial charge in [-0.2, -0.15) is 0 Å². The number of benzene rings is 2. The molecule has 0 bridgehead atoms. The second-order valence-electron chi connectivity index (χ2n) is 7.48. The molecule has 0 unspecified atom stereocenters. The van der Waals surface area contributed by atoms with Crippen LogP contribution in [0.4, 0.5) is 4.39 Å². The zero-order valence-corrected chi connectivity index (χ0v) is 17.1. The van der Waals surface area contributed by atoms with Crippen LogP contribution in [-0.2, 0) is 9.31 Å². The lowest BCUT2D eigenvalue weighted by Crippen LogP contribution is -2.41. The minimum absolute atomic E-state index is 0.261. The van der Waals surface area contributed by atoms with Crippen molar-refractivity contribution >= 4 is 24.2 Å². The second kappa shape index (κ2) is 7.00. The van der Waals surface area contributed by atoms with E-state index in [1.165, 1.54) is 13.2 Å². The zero-order valence-electron chi connectivity index (χ0n) is 16.4. The van der Waals surface area contributed by atoms with Gasteiger partial charge in [-0.25, -0.2) is 4.39 Å². The Kier molecular flexibility index (Phi) is 5.19. The Morgan fingerprint density at radius 2 is 1.56 bits per heavy atom. The molecule has 2 aromatic rings. The first-order chi connectivity index (χ1) is 12.6. The smallest absolute Gasteiger partial charge is 0.497 e. The quantitative estimate of drug-likeness (QED) is 0.720. The fraction of sp³-hybridized carbons (Fsp3) is 0.400. The highest BCUT2D eigenvalue weighted by atomic mass is 35.5. The third-order valence-corrected chi connectivity index (χ3v) is 5.61. The number of methoxy groups -OCH3 is 2. The lowest BCUT2D eigenvalue weighted by Gasteiger charge is -2.32. The number of hydrogen-bond acceptors (Lipinski definition) is 4. The molecule has 0 atom stereocenters. The average Bonchev–Trinajstić information content (AvgIpc) is 2.81. The first-order valence-corrected chi connectivity index (χ1v) is 9.05. The van der Waals surface area contributed by atoms with Crippen LogP contribution in [0.15, 0.2) is 30.3 Å². The maximum Gasteiger partial charge on any atom is 0.498 e. The van der Waals surface area contributed by atoms with Crippen LogP contribution in [0.5, 0.6) is 11.5 Å². The minimum Gasteiger partial charge on any atom is -0.497 e. The molecular weight excluding hydrogens is 369 g/mol. The Labute approximate surface area is 164 Å². The summed E-state index contributed by atoms with van der Waals surface area (Å²) in [4.78, 5) is 0. The van der Waals surface area contributed by atoms with E-state index < -0.39 is 24.1 Å². The van der Waals surface area contributed by atoms with E-state index in [0.717, 1.165) is 0 Å². The molecule has 4 nitrogen and oxygen atoms in total. The minimum atomic E-state index is -0.667. The lowest BCUT2D eigenvalue weighted by molar-refractivity contribution is 0.00578. The summed E-state index contributed by atoms with van der Waals surface area (Å²) < 4.78 is 37.8. The van der Waals surface area contributed by atoms with Crippen molar-refractivity contribution in [3.8, 4) is 22.6 Å². The van der Waals surface area contributed by atoms with Crippen molar-refractivity contribution < 1.29 is 23.2 Å². The van der Waals surface area contributed by atoms with Crippen molar-refractivity contribution in [2.24, 2.45) is 0 Å². The van der Waals surface area contributed by atoms with Crippen LogP contribution >= 0.6 is 11.6 Å². The Hall–Kier alpha value is -1.76. The summed E-state index contributed by atoms with van der Waals surface area (Å²) in [5.41, 5.74) is 0.380. The van der Waals surface area contributed by atoms with Gasteiger partial charge in [0.15, 0.2) is 0 Å². The summed E-state index contributed by atoms with van der Waals surface area (Å²) >= 11 is 6.28. The Morgan fingerprint density at radius 1 is 0.963 bits per heavy atom. The highest BCUT2D eigenvalue weighted by Crippen LogP contribution is 2.41. The normalized spacial score (nSPS) is 17.9. The van der Waals surface area contributed by atoms with E-state index in [1.807, 2.05) is 27.7 Å². The van der Waals surface area contributed by atoms with Crippen molar-refractivity contribution in [3.05, 3.63) is 41.2 Å².